The van der Waals surface area contributed by atoms with Crippen LogP contribution in [0.4, 0.5) is 17.3 Å². The lowest BCUT2D eigenvalue weighted by Gasteiger charge is -2.28. The smallest absolute Gasteiger partial charge is 0.243 e. The number of aromatic amines is 1. The second kappa shape index (κ2) is 13.0. The number of likely N-dealkylation sites (N-methyl/N-ethyl adjacent to an activating group) is 1. The molecule has 0 radical (unpaired) electrons. The molecule has 1 aliphatic rings. The molecule has 0 saturated heterocycles. The Labute approximate surface area is 244 Å². The van der Waals surface area contributed by atoms with Gasteiger partial charge in [-0.25, -0.2) is 9.97 Å². The van der Waals surface area contributed by atoms with Crippen LogP contribution >= 0.6 is 11.6 Å². The molecule has 4 N–H and O–H groups in total. The Morgan fingerprint density at radius 2 is 1.85 bits per heavy atom. The molecule has 0 unspecified atom stereocenters. The lowest BCUT2D eigenvalue weighted by atomic mass is 9.85. The van der Waals surface area contributed by atoms with Gasteiger partial charge in [-0.15, -0.1) is 0 Å². The Balaban J connectivity index is 1.17. The van der Waals surface area contributed by atoms with E-state index in [2.05, 4.69) is 30.9 Å². The molecule has 5 rings (SSSR count). The summed E-state index contributed by atoms with van der Waals surface area (Å²) < 4.78 is 0. The van der Waals surface area contributed by atoms with E-state index in [1.807, 2.05) is 79.8 Å². The number of H-pyrrole nitrogens is 1. The third-order valence-electron chi connectivity index (χ3n) is 7.16. The molecule has 1 saturated carbocycles. The quantitative estimate of drug-likeness (QED) is 0.190. The van der Waals surface area contributed by atoms with Crippen molar-refractivity contribution in [1.82, 2.24) is 25.2 Å². The lowest BCUT2D eigenvalue weighted by Crippen LogP contribution is -2.39. The predicted molar refractivity (Wildman–Crippen MR) is 164 cm³/mol. The van der Waals surface area contributed by atoms with E-state index in [0.717, 1.165) is 54.4 Å². The molecule has 0 bridgehead atoms. The molecule has 212 valence electrons. The van der Waals surface area contributed by atoms with Gasteiger partial charge in [0.25, 0.3) is 0 Å². The van der Waals surface area contributed by atoms with Gasteiger partial charge in [0.15, 0.2) is 0 Å². The first-order chi connectivity index (χ1) is 19.9. The van der Waals surface area contributed by atoms with E-state index < -0.39 is 0 Å². The maximum Gasteiger partial charge on any atom is 0.243 e. The molecule has 0 spiro atoms. The number of benzene rings is 2. The Bertz CT molecular complexity index is 1560. The molecule has 4 aromatic rings. The zero-order valence-electron chi connectivity index (χ0n) is 23.2. The van der Waals surface area contributed by atoms with Crippen LogP contribution in [-0.4, -0.2) is 58.3 Å². The third kappa shape index (κ3) is 7.31. The van der Waals surface area contributed by atoms with Crippen LogP contribution in [0.5, 0.6) is 0 Å². The number of anilines is 3. The highest BCUT2D eigenvalue weighted by Crippen LogP contribution is 2.33. The van der Waals surface area contributed by atoms with Crippen molar-refractivity contribution >= 4 is 51.6 Å². The number of hydrogen-bond donors (Lipinski definition) is 4. The number of amides is 2. The first kappa shape index (κ1) is 28.3. The largest absolute Gasteiger partial charge is 0.360 e. The van der Waals surface area contributed by atoms with Gasteiger partial charge < -0.3 is 25.8 Å². The molecule has 9 nitrogen and oxygen atoms in total. The molecule has 41 heavy (non-hydrogen) atoms. The molecule has 2 heterocycles. The van der Waals surface area contributed by atoms with Gasteiger partial charge in [-0.1, -0.05) is 41.9 Å². The van der Waals surface area contributed by atoms with E-state index in [1.165, 1.54) is 0 Å². The number of carbonyl (C=O) groups excluding carboxylic acids is 2. The average Bonchev–Trinajstić information content (AvgIpc) is 3.38. The minimum absolute atomic E-state index is 0.0119. The first-order valence-corrected chi connectivity index (χ1v) is 14.1. The fraction of sp³-hybridized carbons (Fsp3) is 0.290. The highest BCUT2D eigenvalue weighted by atomic mass is 35.5. The van der Waals surface area contributed by atoms with Crippen LogP contribution < -0.4 is 16.0 Å². The second-order valence-electron chi connectivity index (χ2n) is 10.6. The summed E-state index contributed by atoms with van der Waals surface area (Å²) in [5, 5.41) is 10.8. The number of nitrogens with one attached hydrogen (secondary N) is 4. The molecule has 1 aliphatic carbocycles. The van der Waals surface area contributed by atoms with Crippen LogP contribution in [0.1, 0.15) is 25.7 Å². The van der Waals surface area contributed by atoms with Crippen LogP contribution in [-0.2, 0) is 9.59 Å². The number of rotatable bonds is 9. The van der Waals surface area contributed by atoms with Gasteiger partial charge in [0.2, 0.25) is 17.8 Å². The molecule has 1 fully saturated rings. The monoisotopic (exact) mass is 571 g/mol. The molecular weight excluding hydrogens is 538 g/mol. The van der Waals surface area contributed by atoms with E-state index in [-0.39, 0.29) is 23.8 Å². The van der Waals surface area contributed by atoms with Gasteiger partial charge in [-0.2, -0.15) is 0 Å². The first-order valence-electron chi connectivity index (χ1n) is 13.7. The lowest BCUT2D eigenvalue weighted by molar-refractivity contribution is -0.121. The highest BCUT2D eigenvalue weighted by molar-refractivity contribution is 6.33. The van der Waals surface area contributed by atoms with Gasteiger partial charge in [-0.3, -0.25) is 9.59 Å². The zero-order valence-corrected chi connectivity index (χ0v) is 23.9. The number of carbonyl (C=O) groups is 2. The van der Waals surface area contributed by atoms with E-state index in [0.29, 0.717) is 22.4 Å². The van der Waals surface area contributed by atoms with Crippen molar-refractivity contribution in [2.75, 3.05) is 31.3 Å². The van der Waals surface area contributed by atoms with Gasteiger partial charge in [-0.05, 0) is 64.0 Å². The summed E-state index contributed by atoms with van der Waals surface area (Å²) in [5.74, 6) is 0.210. The number of hydrogen-bond acceptors (Lipinski definition) is 6. The Kier molecular flexibility index (Phi) is 8.96. The SMILES string of the molecule is CN(C)C/C=C/C(=O)NC1CCC(C(=O)Nc2cccc(Nc3ncc(Cl)c(-c4c[nH]c5ccccc45)n3)c2)CC1. The predicted octanol–water partition coefficient (Wildman–Crippen LogP) is 5.75. The third-order valence-corrected chi connectivity index (χ3v) is 7.44. The van der Waals surface area contributed by atoms with Crippen molar-refractivity contribution in [2.24, 2.45) is 5.92 Å². The summed E-state index contributed by atoms with van der Waals surface area (Å²) in [7, 11) is 3.91. The number of fused-ring (bicyclic) bond motifs is 1. The Morgan fingerprint density at radius 3 is 2.66 bits per heavy atom. The topological polar surface area (TPSA) is 115 Å². The van der Waals surface area contributed by atoms with E-state index in [4.69, 9.17) is 11.6 Å². The van der Waals surface area contributed by atoms with Crippen LogP contribution in [0.2, 0.25) is 5.02 Å². The van der Waals surface area contributed by atoms with Crippen molar-refractivity contribution in [3.8, 4) is 11.3 Å². The van der Waals surface area contributed by atoms with Gasteiger partial charge in [0.05, 0.1) is 16.9 Å². The van der Waals surface area contributed by atoms with Crippen LogP contribution in [0.15, 0.2) is 73.1 Å². The van der Waals surface area contributed by atoms with Crippen LogP contribution in [0, 0.1) is 5.92 Å². The van der Waals surface area contributed by atoms with E-state index in [9.17, 15) is 9.59 Å². The molecule has 10 heteroatoms. The number of nitrogens with zero attached hydrogens (tertiary/aromatic N) is 3. The highest BCUT2D eigenvalue weighted by Gasteiger charge is 2.27. The van der Waals surface area contributed by atoms with Crippen LogP contribution in [0.3, 0.4) is 0 Å². The number of para-hydroxylation sites is 1. The fourth-order valence-corrected chi connectivity index (χ4v) is 5.24. The molecule has 2 aromatic heterocycles. The van der Waals surface area contributed by atoms with Crippen molar-refractivity contribution in [3.63, 3.8) is 0 Å². The zero-order chi connectivity index (χ0) is 28.8. The van der Waals surface area contributed by atoms with E-state index >= 15 is 0 Å². The summed E-state index contributed by atoms with van der Waals surface area (Å²) in [6.07, 6.45) is 9.91. The van der Waals surface area contributed by atoms with Crippen LogP contribution in [0.25, 0.3) is 22.2 Å². The van der Waals surface area contributed by atoms with Crippen molar-refractivity contribution < 1.29 is 9.59 Å². The van der Waals surface area contributed by atoms with E-state index in [1.54, 1.807) is 12.3 Å². The second-order valence-corrected chi connectivity index (χ2v) is 11.0. The Morgan fingerprint density at radius 1 is 1.07 bits per heavy atom. The van der Waals surface area contributed by atoms with Crippen molar-refractivity contribution in [1.29, 1.82) is 0 Å². The Hall–Kier alpha value is -4.21. The molecule has 2 aromatic carbocycles. The molecular formula is C31H34ClN7O2. The summed E-state index contributed by atoms with van der Waals surface area (Å²) in [5.41, 5.74) is 3.95. The van der Waals surface area contributed by atoms with Gasteiger partial charge >= 0.3 is 0 Å². The molecule has 0 aliphatic heterocycles. The van der Waals surface area contributed by atoms with Crippen molar-refractivity contribution in [2.45, 2.75) is 31.7 Å². The minimum Gasteiger partial charge on any atom is -0.360 e. The summed E-state index contributed by atoms with van der Waals surface area (Å²) in [6.45, 7) is 0.718. The molecule has 0 atom stereocenters. The standard InChI is InChI=1S/C31H34ClN7O2/c1-39(2)16-6-11-28(40)35-21-14-12-20(13-15-21)30(41)36-22-7-5-8-23(17-22)37-31-34-19-26(32)29(38-31)25-18-33-27-10-4-3-9-24(25)27/h3-11,17-21,33H,12-16H2,1-2H3,(H,35,40)(H,36,41)(H,34,37,38)/b11-6+. The summed E-state index contributed by atoms with van der Waals surface area (Å²) in [6, 6.07) is 15.5. The number of halogens is 1. The van der Waals surface area contributed by atoms with Gasteiger partial charge in [0, 0.05) is 58.6 Å². The van der Waals surface area contributed by atoms with Gasteiger partial charge in [0.1, 0.15) is 0 Å². The van der Waals surface area contributed by atoms with Crippen molar-refractivity contribution in [3.05, 3.63) is 78.1 Å². The average molecular weight is 572 g/mol. The number of aromatic nitrogens is 3. The fourth-order valence-electron chi connectivity index (χ4n) is 5.05. The summed E-state index contributed by atoms with van der Waals surface area (Å²) in [4.78, 5) is 39.4. The normalized spacial score (nSPS) is 17.2. The molecule has 2 amide bonds. The maximum atomic E-state index is 13.0. The summed E-state index contributed by atoms with van der Waals surface area (Å²) >= 11 is 6.47. The maximum absolute atomic E-state index is 13.0. The minimum atomic E-state index is -0.0950.